The first-order valence-corrected chi connectivity index (χ1v) is 11.5. The third-order valence-corrected chi connectivity index (χ3v) is 6.40. The third kappa shape index (κ3) is 5.58. The first kappa shape index (κ1) is 22.9. The van der Waals surface area contributed by atoms with Crippen LogP contribution in [0, 0.1) is 0 Å². The molecule has 0 bridgehead atoms. The van der Waals surface area contributed by atoms with Gasteiger partial charge in [0.2, 0.25) is 0 Å². The molecule has 0 atom stereocenters. The molecule has 0 spiro atoms. The maximum atomic E-state index is 11.0. The van der Waals surface area contributed by atoms with E-state index in [4.69, 9.17) is 30.9 Å². The molecule has 0 saturated carbocycles. The molecule has 0 aliphatic heterocycles. The van der Waals surface area contributed by atoms with E-state index in [0.717, 1.165) is 33.0 Å². The minimum Gasteiger partial charge on any atom is -0.497 e. The Bertz CT molecular complexity index is 1280. The predicted octanol–water partition coefficient (Wildman–Crippen LogP) is 5.47. The highest BCUT2D eigenvalue weighted by atomic mass is 35.5. The van der Waals surface area contributed by atoms with Crippen LogP contribution < -0.4 is 14.2 Å². The quantitative estimate of drug-likeness (QED) is 0.320. The first-order chi connectivity index (χ1) is 15.9. The predicted molar refractivity (Wildman–Crippen MR) is 128 cm³/mol. The summed E-state index contributed by atoms with van der Waals surface area (Å²) in [6.07, 6.45) is 0.382. The molecular formula is C24H23ClN2O5S. The number of hydrogen-bond donors (Lipinski definition) is 1. The molecule has 0 aliphatic carbocycles. The Morgan fingerprint density at radius 2 is 1.91 bits per heavy atom. The van der Waals surface area contributed by atoms with Crippen molar-refractivity contribution in [2.75, 3.05) is 7.11 Å². The van der Waals surface area contributed by atoms with Crippen molar-refractivity contribution in [1.82, 2.24) is 9.55 Å². The molecule has 0 fully saturated rings. The summed E-state index contributed by atoms with van der Waals surface area (Å²) in [6, 6.07) is 14.9. The Hall–Kier alpha value is -3.23. The molecule has 4 rings (SSSR count). The van der Waals surface area contributed by atoms with Crippen LogP contribution in [0.5, 0.6) is 17.2 Å². The number of aryl methyl sites for hydroxylation is 2. The lowest BCUT2D eigenvalue weighted by atomic mass is 10.1. The van der Waals surface area contributed by atoms with Gasteiger partial charge < -0.3 is 23.9 Å². The van der Waals surface area contributed by atoms with Crippen molar-refractivity contribution in [2.24, 2.45) is 7.05 Å². The number of benzene rings is 2. The fraction of sp³-hybridized carbons (Fsp3) is 0.250. The number of nitrogens with zero attached hydrogens (tertiary/aromatic N) is 2. The van der Waals surface area contributed by atoms with Gasteiger partial charge in [-0.15, -0.1) is 11.3 Å². The first-order valence-electron chi connectivity index (χ1n) is 10.3. The van der Waals surface area contributed by atoms with Crippen LogP contribution >= 0.6 is 22.9 Å². The Labute approximate surface area is 200 Å². The summed E-state index contributed by atoms with van der Waals surface area (Å²) in [4.78, 5) is 16.7. The van der Waals surface area contributed by atoms with Gasteiger partial charge in [0.05, 0.1) is 22.5 Å². The topological polar surface area (TPSA) is 82.8 Å². The van der Waals surface area contributed by atoms with Gasteiger partial charge in [-0.25, -0.2) is 4.98 Å². The Balaban J connectivity index is 1.51. The van der Waals surface area contributed by atoms with Crippen molar-refractivity contribution < 1.29 is 24.1 Å². The number of methoxy groups -OCH3 is 1. The zero-order valence-electron chi connectivity index (χ0n) is 18.2. The SMILES string of the molecule is COc1ccc2nc(COc3ccc(CCC(=O)O)c(OCc4ccc(Cl)s4)c3)n(C)c2c1. The van der Waals surface area contributed by atoms with Gasteiger partial charge in [0.15, 0.2) is 0 Å². The molecule has 0 saturated heterocycles. The van der Waals surface area contributed by atoms with E-state index in [1.54, 1.807) is 13.2 Å². The van der Waals surface area contributed by atoms with Gasteiger partial charge in [0, 0.05) is 30.5 Å². The van der Waals surface area contributed by atoms with Crippen LogP contribution in [-0.4, -0.2) is 27.7 Å². The Morgan fingerprint density at radius 1 is 1.09 bits per heavy atom. The summed E-state index contributed by atoms with van der Waals surface area (Å²) < 4.78 is 20.0. The summed E-state index contributed by atoms with van der Waals surface area (Å²) in [5.74, 6) is 1.88. The second-order valence-corrected chi connectivity index (χ2v) is 9.19. The van der Waals surface area contributed by atoms with Crippen molar-refractivity contribution in [3.63, 3.8) is 0 Å². The highest BCUT2D eigenvalue weighted by Gasteiger charge is 2.12. The zero-order valence-corrected chi connectivity index (χ0v) is 19.8. The molecule has 7 nitrogen and oxygen atoms in total. The summed E-state index contributed by atoms with van der Waals surface area (Å²) >= 11 is 7.45. The molecule has 2 aromatic heterocycles. The van der Waals surface area contributed by atoms with Crippen molar-refractivity contribution >= 4 is 39.9 Å². The minimum atomic E-state index is -0.857. The van der Waals surface area contributed by atoms with Crippen LogP contribution in [-0.2, 0) is 31.5 Å². The number of carbonyl (C=O) groups is 1. The van der Waals surface area contributed by atoms with E-state index in [1.165, 1.54) is 11.3 Å². The van der Waals surface area contributed by atoms with E-state index < -0.39 is 5.97 Å². The molecule has 33 heavy (non-hydrogen) atoms. The van der Waals surface area contributed by atoms with Gasteiger partial charge in [-0.3, -0.25) is 4.79 Å². The third-order valence-electron chi connectivity index (χ3n) is 5.19. The number of aromatic nitrogens is 2. The van der Waals surface area contributed by atoms with E-state index in [-0.39, 0.29) is 13.0 Å². The number of halogens is 1. The summed E-state index contributed by atoms with van der Waals surface area (Å²) in [7, 11) is 3.57. The molecule has 0 unspecified atom stereocenters. The van der Waals surface area contributed by atoms with Crippen LogP contribution in [0.2, 0.25) is 4.34 Å². The number of thiophene rings is 1. The Morgan fingerprint density at radius 3 is 2.64 bits per heavy atom. The van der Waals surface area contributed by atoms with Gasteiger partial charge in [0.1, 0.15) is 36.3 Å². The molecule has 4 aromatic rings. The van der Waals surface area contributed by atoms with Crippen molar-refractivity contribution in [2.45, 2.75) is 26.1 Å². The molecule has 0 amide bonds. The second kappa shape index (κ2) is 10.1. The average Bonchev–Trinajstić information content (AvgIpc) is 3.37. The lowest BCUT2D eigenvalue weighted by molar-refractivity contribution is -0.136. The van der Waals surface area contributed by atoms with Crippen molar-refractivity contribution in [1.29, 1.82) is 0 Å². The van der Waals surface area contributed by atoms with Gasteiger partial charge in [-0.2, -0.15) is 0 Å². The number of rotatable bonds is 10. The van der Waals surface area contributed by atoms with Crippen molar-refractivity contribution in [3.05, 3.63) is 69.1 Å². The lowest BCUT2D eigenvalue weighted by Gasteiger charge is -2.13. The standard InChI is InChI=1S/C24H23ClN2O5S/c1-27-20-11-16(30-2)6-8-19(20)26-23(27)14-31-17-5-3-15(4-10-24(28)29)21(12-17)32-13-18-7-9-22(25)33-18/h3,5-9,11-12H,4,10,13-14H2,1-2H3,(H,28,29). The summed E-state index contributed by atoms with van der Waals surface area (Å²) in [5, 5.41) is 9.06. The number of carboxylic acid groups (broad SMARTS) is 1. The maximum Gasteiger partial charge on any atom is 0.303 e. The van der Waals surface area contributed by atoms with E-state index in [1.807, 2.05) is 54.1 Å². The van der Waals surface area contributed by atoms with Crippen LogP contribution in [0.1, 0.15) is 22.7 Å². The number of carboxylic acids is 1. The molecule has 2 heterocycles. The highest BCUT2D eigenvalue weighted by Crippen LogP contribution is 2.30. The van der Waals surface area contributed by atoms with Crippen molar-refractivity contribution in [3.8, 4) is 17.2 Å². The highest BCUT2D eigenvalue weighted by molar-refractivity contribution is 7.16. The number of imidazole rings is 1. The van der Waals surface area contributed by atoms with E-state index in [2.05, 4.69) is 4.98 Å². The number of fused-ring (bicyclic) bond motifs is 1. The van der Waals surface area contributed by atoms with Gasteiger partial charge in [-0.1, -0.05) is 17.7 Å². The monoisotopic (exact) mass is 486 g/mol. The molecular weight excluding hydrogens is 464 g/mol. The van der Waals surface area contributed by atoms with Crippen LogP contribution in [0.25, 0.3) is 11.0 Å². The molecule has 172 valence electrons. The summed E-state index contributed by atoms with van der Waals surface area (Å²) in [6.45, 7) is 0.607. The number of ether oxygens (including phenoxy) is 3. The molecule has 2 aromatic carbocycles. The van der Waals surface area contributed by atoms with E-state index >= 15 is 0 Å². The maximum absolute atomic E-state index is 11.0. The fourth-order valence-corrected chi connectivity index (χ4v) is 4.41. The molecule has 9 heteroatoms. The normalized spacial score (nSPS) is 11.0. The van der Waals surface area contributed by atoms with Gasteiger partial charge >= 0.3 is 5.97 Å². The second-order valence-electron chi connectivity index (χ2n) is 7.39. The number of aliphatic carboxylic acids is 1. The largest absolute Gasteiger partial charge is 0.497 e. The van der Waals surface area contributed by atoms with Crippen LogP contribution in [0.15, 0.2) is 48.5 Å². The lowest BCUT2D eigenvalue weighted by Crippen LogP contribution is -2.05. The smallest absolute Gasteiger partial charge is 0.303 e. The van der Waals surface area contributed by atoms with E-state index in [9.17, 15) is 4.79 Å². The van der Waals surface area contributed by atoms with E-state index in [0.29, 0.717) is 28.9 Å². The minimum absolute atomic E-state index is 0.0186. The van der Waals surface area contributed by atoms with Gasteiger partial charge in [0.25, 0.3) is 0 Å². The van der Waals surface area contributed by atoms with Crippen LogP contribution in [0.3, 0.4) is 0 Å². The zero-order chi connectivity index (χ0) is 23.4. The molecule has 0 radical (unpaired) electrons. The van der Waals surface area contributed by atoms with Gasteiger partial charge in [-0.05, 0) is 42.3 Å². The average molecular weight is 487 g/mol. The fourth-order valence-electron chi connectivity index (χ4n) is 3.41. The number of hydrogen-bond acceptors (Lipinski definition) is 6. The molecule has 1 N–H and O–H groups in total. The summed E-state index contributed by atoms with van der Waals surface area (Å²) in [5.41, 5.74) is 2.62. The Kier molecular flexibility index (Phi) is 7.05. The molecule has 0 aliphatic rings. The van der Waals surface area contributed by atoms with Crippen LogP contribution in [0.4, 0.5) is 0 Å².